The van der Waals surface area contributed by atoms with Gasteiger partial charge in [0.25, 0.3) is 5.91 Å². The zero-order valence-corrected chi connectivity index (χ0v) is 18.8. The number of carboxylic acids is 1. The third-order valence-corrected chi connectivity index (χ3v) is 5.97. The van der Waals surface area contributed by atoms with Crippen molar-refractivity contribution >= 4 is 11.9 Å². The Morgan fingerprint density at radius 2 is 1.81 bits per heavy atom. The van der Waals surface area contributed by atoms with E-state index >= 15 is 0 Å². The summed E-state index contributed by atoms with van der Waals surface area (Å²) in [6, 6.07) is 10.6. The number of benzene rings is 1. The molecule has 3 rings (SSSR count). The van der Waals surface area contributed by atoms with Crippen LogP contribution in [0, 0.1) is 12.8 Å². The van der Waals surface area contributed by atoms with Crippen LogP contribution < -0.4 is 0 Å². The van der Waals surface area contributed by atoms with E-state index in [2.05, 4.69) is 23.7 Å². The van der Waals surface area contributed by atoms with Crippen molar-refractivity contribution in [3.63, 3.8) is 0 Å². The number of carbonyl (C=O) groups excluding carboxylic acids is 1. The number of carboxylic acid groups (broad SMARTS) is 1. The summed E-state index contributed by atoms with van der Waals surface area (Å²) >= 11 is 0. The minimum atomic E-state index is -0.947. The van der Waals surface area contributed by atoms with Crippen LogP contribution in [0.15, 0.2) is 42.6 Å². The van der Waals surface area contributed by atoms with Crippen molar-refractivity contribution in [2.75, 3.05) is 19.6 Å². The van der Waals surface area contributed by atoms with E-state index in [1.165, 1.54) is 6.42 Å². The van der Waals surface area contributed by atoms with Crippen LogP contribution >= 0.6 is 0 Å². The number of hydrogen-bond acceptors (Lipinski definition) is 4. The number of carbonyl (C=O) groups is 2. The van der Waals surface area contributed by atoms with Gasteiger partial charge >= 0.3 is 5.97 Å². The summed E-state index contributed by atoms with van der Waals surface area (Å²) in [6.07, 6.45) is 4.78. The van der Waals surface area contributed by atoms with Crippen molar-refractivity contribution in [1.82, 2.24) is 14.8 Å². The molecule has 1 N–H and O–H groups in total. The Morgan fingerprint density at radius 1 is 1.13 bits per heavy atom. The third-order valence-electron chi connectivity index (χ3n) is 5.97. The number of likely N-dealkylation sites (tertiary alicyclic amines) is 1. The first-order valence-electron chi connectivity index (χ1n) is 11.1. The summed E-state index contributed by atoms with van der Waals surface area (Å²) in [5.41, 5.74) is 2.65. The first kappa shape index (κ1) is 22.9. The summed E-state index contributed by atoms with van der Waals surface area (Å²) in [5, 5.41) is 9.15. The van der Waals surface area contributed by atoms with Gasteiger partial charge in [0.05, 0.1) is 5.56 Å². The van der Waals surface area contributed by atoms with Crippen molar-refractivity contribution in [1.29, 1.82) is 0 Å². The van der Waals surface area contributed by atoms with Crippen molar-refractivity contribution in [3.05, 3.63) is 65.0 Å². The molecule has 0 radical (unpaired) electrons. The molecule has 1 saturated heterocycles. The molecular formula is C25H33N3O3. The summed E-state index contributed by atoms with van der Waals surface area (Å²) < 4.78 is 0. The number of nitrogens with zero attached hydrogens (tertiary/aromatic N) is 3. The molecule has 1 amide bonds. The lowest BCUT2D eigenvalue weighted by molar-refractivity contribution is 0.0539. The summed E-state index contributed by atoms with van der Waals surface area (Å²) in [7, 11) is 0. The van der Waals surface area contributed by atoms with Gasteiger partial charge in [-0.25, -0.2) is 4.79 Å². The molecule has 31 heavy (non-hydrogen) atoms. The zero-order chi connectivity index (χ0) is 22.4. The van der Waals surface area contributed by atoms with E-state index in [0.717, 1.165) is 43.6 Å². The Balaban J connectivity index is 1.75. The van der Waals surface area contributed by atoms with Gasteiger partial charge in [-0.15, -0.1) is 0 Å². The number of aromatic nitrogens is 1. The SMILES string of the molecule is Cc1ccc(C(=O)N(Cc2ccc(C(=O)O)cc2)C2CCN(CCC(C)C)CC2)nc1. The maximum atomic E-state index is 13.4. The number of rotatable bonds is 8. The molecule has 0 spiro atoms. The van der Waals surface area contributed by atoms with Gasteiger partial charge in [-0.3, -0.25) is 9.78 Å². The second kappa shape index (κ2) is 10.5. The quantitative estimate of drug-likeness (QED) is 0.687. The lowest BCUT2D eigenvalue weighted by atomic mass is 10.00. The number of hydrogen-bond donors (Lipinski definition) is 1. The standard InChI is InChI=1S/C25H33N3O3/c1-18(2)10-13-27-14-11-22(12-15-27)28(24(29)23-9-4-19(3)16-26-23)17-20-5-7-21(8-6-20)25(30)31/h4-9,16,18,22H,10-15,17H2,1-3H3,(H,30,31). The van der Waals surface area contributed by atoms with Crippen LogP contribution in [0.5, 0.6) is 0 Å². The molecule has 1 aromatic carbocycles. The monoisotopic (exact) mass is 423 g/mol. The molecule has 2 heterocycles. The molecule has 166 valence electrons. The van der Waals surface area contributed by atoms with Crippen LogP contribution in [0.2, 0.25) is 0 Å². The van der Waals surface area contributed by atoms with Crippen LogP contribution in [0.25, 0.3) is 0 Å². The normalized spacial score (nSPS) is 15.2. The molecule has 0 aliphatic carbocycles. The van der Waals surface area contributed by atoms with Crippen LogP contribution in [-0.4, -0.2) is 57.4 Å². The van der Waals surface area contributed by atoms with E-state index in [1.54, 1.807) is 36.5 Å². The lowest BCUT2D eigenvalue weighted by Crippen LogP contribution is -2.47. The van der Waals surface area contributed by atoms with Crippen molar-refractivity contribution < 1.29 is 14.7 Å². The van der Waals surface area contributed by atoms with Crippen LogP contribution in [-0.2, 0) is 6.54 Å². The van der Waals surface area contributed by atoms with E-state index in [9.17, 15) is 9.59 Å². The van der Waals surface area contributed by atoms with E-state index in [0.29, 0.717) is 18.2 Å². The smallest absolute Gasteiger partial charge is 0.335 e. The molecule has 2 aromatic rings. The Hall–Kier alpha value is -2.73. The van der Waals surface area contributed by atoms with Crippen molar-refractivity contribution in [2.24, 2.45) is 5.92 Å². The predicted molar refractivity (Wildman–Crippen MR) is 121 cm³/mol. The molecule has 1 aliphatic heterocycles. The Kier molecular flexibility index (Phi) is 7.80. The van der Waals surface area contributed by atoms with Crippen molar-refractivity contribution in [3.8, 4) is 0 Å². The molecule has 0 bridgehead atoms. The zero-order valence-electron chi connectivity index (χ0n) is 18.8. The molecular weight excluding hydrogens is 390 g/mol. The highest BCUT2D eigenvalue weighted by atomic mass is 16.4. The average Bonchev–Trinajstić information content (AvgIpc) is 2.77. The molecule has 6 heteroatoms. The van der Waals surface area contributed by atoms with E-state index < -0.39 is 5.97 Å². The largest absolute Gasteiger partial charge is 0.478 e. The summed E-state index contributed by atoms with van der Waals surface area (Å²) in [5.74, 6) is -0.322. The number of amides is 1. The fraction of sp³-hybridized carbons (Fsp3) is 0.480. The summed E-state index contributed by atoms with van der Waals surface area (Å²) in [6.45, 7) is 9.98. The molecule has 1 aliphatic rings. The minimum absolute atomic E-state index is 0.0667. The Bertz CT molecular complexity index is 870. The van der Waals surface area contributed by atoms with Gasteiger partial charge in [-0.05, 0) is 68.0 Å². The lowest BCUT2D eigenvalue weighted by Gasteiger charge is -2.38. The number of pyridine rings is 1. The second-order valence-corrected chi connectivity index (χ2v) is 8.91. The maximum Gasteiger partial charge on any atom is 0.335 e. The van der Waals surface area contributed by atoms with Crippen molar-refractivity contribution in [2.45, 2.75) is 52.6 Å². The van der Waals surface area contributed by atoms with Gasteiger partial charge < -0.3 is 14.9 Å². The Labute approximate surface area is 184 Å². The first-order valence-corrected chi connectivity index (χ1v) is 11.1. The fourth-order valence-corrected chi connectivity index (χ4v) is 3.95. The van der Waals surface area contributed by atoms with Crippen LogP contribution in [0.1, 0.15) is 65.1 Å². The first-order chi connectivity index (χ1) is 14.8. The topological polar surface area (TPSA) is 73.7 Å². The number of aromatic carboxylic acids is 1. The average molecular weight is 424 g/mol. The highest BCUT2D eigenvalue weighted by molar-refractivity contribution is 5.92. The summed E-state index contributed by atoms with van der Waals surface area (Å²) in [4.78, 5) is 33.3. The van der Waals surface area contributed by atoms with Crippen LogP contribution in [0.4, 0.5) is 0 Å². The minimum Gasteiger partial charge on any atom is -0.478 e. The maximum absolute atomic E-state index is 13.4. The van der Waals surface area contributed by atoms with Gasteiger partial charge in [0.15, 0.2) is 0 Å². The molecule has 0 saturated carbocycles. The fourth-order valence-electron chi connectivity index (χ4n) is 3.95. The molecule has 1 fully saturated rings. The third kappa shape index (κ3) is 6.37. The highest BCUT2D eigenvalue weighted by Crippen LogP contribution is 2.22. The van der Waals surface area contributed by atoms with Crippen LogP contribution in [0.3, 0.4) is 0 Å². The number of piperidine rings is 1. The van der Waals surface area contributed by atoms with Gasteiger partial charge in [0.1, 0.15) is 5.69 Å². The Morgan fingerprint density at radius 3 is 2.35 bits per heavy atom. The molecule has 0 unspecified atom stereocenters. The van der Waals surface area contributed by atoms with E-state index in [1.807, 2.05) is 17.9 Å². The molecule has 6 nitrogen and oxygen atoms in total. The van der Waals surface area contributed by atoms with Gasteiger partial charge in [-0.1, -0.05) is 32.0 Å². The number of aryl methyl sites for hydroxylation is 1. The molecule has 0 atom stereocenters. The van der Waals surface area contributed by atoms with E-state index in [4.69, 9.17) is 5.11 Å². The highest BCUT2D eigenvalue weighted by Gasteiger charge is 2.29. The molecule has 1 aromatic heterocycles. The van der Waals surface area contributed by atoms with Gasteiger partial charge in [0, 0.05) is 31.9 Å². The second-order valence-electron chi connectivity index (χ2n) is 8.91. The van der Waals surface area contributed by atoms with Gasteiger partial charge in [0.2, 0.25) is 0 Å². The predicted octanol–water partition coefficient (Wildman–Crippen LogP) is 4.24. The van der Waals surface area contributed by atoms with Gasteiger partial charge in [-0.2, -0.15) is 0 Å². The van der Waals surface area contributed by atoms with E-state index in [-0.39, 0.29) is 17.5 Å².